The van der Waals surface area contributed by atoms with Gasteiger partial charge in [-0.1, -0.05) is 19.1 Å². The third-order valence-electron chi connectivity index (χ3n) is 3.44. The summed E-state index contributed by atoms with van der Waals surface area (Å²) in [6, 6.07) is 7.32. The second-order valence-electron chi connectivity index (χ2n) is 5.17. The number of nitrogens with one attached hydrogen (secondary N) is 1. The van der Waals surface area contributed by atoms with E-state index in [0.29, 0.717) is 18.1 Å². The van der Waals surface area contributed by atoms with Gasteiger partial charge < -0.3 is 5.11 Å². The summed E-state index contributed by atoms with van der Waals surface area (Å²) in [6.07, 6.45) is -4.15. The Morgan fingerprint density at radius 2 is 1.84 bits per heavy atom. The molecule has 0 aromatic heterocycles. The van der Waals surface area contributed by atoms with Crippen LogP contribution in [-0.2, 0) is 22.6 Å². The van der Waals surface area contributed by atoms with Crippen LogP contribution in [0.4, 0.5) is 18.9 Å². The SMILES string of the molecule is CCc1ccc(NS(=O)(=O)c2cccc(C(F)(F)F)c2)c(C(=O)O)c1. The maximum absolute atomic E-state index is 12.7. The zero-order valence-electron chi connectivity index (χ0n) is 13.0. The van der Waals surface area contributed by atoms with Gasteiger partial charge in [0.15, 0.2) is 0 Å². The van der Waals surface area contributed by atoms with Crippen LogP contribution < -0.4 is 4.72 Å². The highest BCUT2D eigenvalue weighted by atomic mass is 32.2. The second-order valence-corrected chi connectivity index (χ2v) is 6.85. The third-order valence-corrected chi connectivity index (χ3v) is 4.80. The zero-order chi connectivity index (χ0) is 18.8. The van der Waals surface area contributed by atoms with Crippen molar-refractivity contribution in [3.8, 4) is 0 Å². The highest BCUT2D eigenvalue weighted by Gasteiger charge is 2.31. The Hall–Kier alpha value is -2.55. The maximum Gasteiger partial charge on any atom is 0.416 e. The van der Waals surface area contributed by atoms with Crippen molar-refractivity contribution < 1.29 is 31.5 Å². The molecule has 0 heterocycles. The van der Waals surface area contributed by atoms with Gasteiger partial charge in [-0.2, -0.15) is 13.2 Å². The number of alkyl halides is 3. The summed E-state index contributed by atoms with van der Waals surface area (Å²) < 4.78 is 64.9. The summed E-state index contributed by atoms with van der Waals surface area (Å²) in [5.74, 6) is -1.35. The Kier molecular flexibility index (Phi) is 5.07. The number of sulfonamides is 1. The van der Waals surface area contributed by atoms with Crippen molar-refractivity contribution in [3.63, 3.8) is 0 Å². The lowest BCUT2D eigenvalue weighted by molar-refractivity contribution is -0.137. The maximum atomic E-state index is 12.7. The Labute approximate surface area is 142 Å². The van der Waals surface area contributed by atoms with Gasteiger partial charge >= 0.3 is 12.1 Å². The predicted molar refractivity (Wildman–Crippen MR) is 85.0 cm³/mol. The number of carboxylic acid groups (broad SMARTS) is 1. The van der Waals surface area contributed by atoms with E-state index in [4.69, 9.17) is 0 Å². The lowest BCUT2D eigenvalue weighted by Crippen LogP contribution is -2.17. The molecule has 5 nitrogen and oxygen atoms in total. The molecule has 0 fully saturated rings. The summed E-state index contributed by atoms with van der Waals surface area (Å²) in [5.41, 5.74) is -0.938. The van der Waals surface area contributed by atoms with Gasteiger partial charge in [0.2, 0.25) is 0 Å². The predicted octanol–water partition coefficient (Wildman–Crippen LogP) is 3.77. The minimum atomic E-state index is -4.69. The van der Waals surface area contributed by atoms with Crippen LogP contribution in [0.3, 0.4) is 0 Å². The molecule has 0 aliphatic rings. The molecule has 0 bridgehead atoms. The van der Waals surface area contributed by atoms with Crippen LogP contribution in [0.25, 0.3) is 0 Å². The number of benzene rings is 2. The standard InChI is InChI=1S/C16H14F3NO4S/c1-2-10-6-7-14(13(8-10)15(21)22)20-25(23,24)12-5-3-4-11(9-12)16(17,18)19/h3-9,20H,2H2,1H3,(H,21,22). The fourth-order valence-corrected chi connectivity index (χ4v) is 3.25. The first kappa shape index (κ1) is 18.8. The van der Waals surface area contributed by atoms with E-state index in [0.717, 1.165) is 18.2 Å². The Morgan fingerprint density at radius 3 is 2.40 bits per heavy atom. The van der Waals surface area contributed by atoms with Crippen molar-refractivity contribution in [2.45, 2.75) is 24.4 Å². The lowest BCUT2D eigenvalue weighted by Gasteiger charge is -2.13. The summed E-state index contributed by atoms with van der Waals surface area (Å²) in [6.45, 7) is 1.80. The minimum absolute atomic E-state index is 0.220. The first-order valence-corrected chi connectivity index (χ1v) is 8.59. The van der Waals surface area contributed by atoms with Crippen molar-refractivity contribution in [1.82, 2.24) is 0 Å². The van der Waals surface area contributed by atoms with Crippen LogP contribution in [-0.4, -0.2) is 19.5 Å². The average Bonchev–Trinajstić information content (AvgIpc) is 2.54. The fourth-order valence-electron chi connectivity index (χ4n) is 2.12. The van der Waals surface area contributed by atoms with Gasteiger partial charge in [-0.25, -0.2) is 13.2 Å². The molecule has 0 amide bonds. The molecule has 0 atom stereocenters. The van der Waals surface area contributed by atoms with Crippen molar-refractivity contribution in [2.75, 3.05) is 4.72 Å². The lowest BCUT2D eigenvalue weighted by atomic mass is 10.1. The van der Waals surface area contributed by atoms with Gasteiger partial charge in [0.1, 0.15) is 0 Å². The van der Waals surface area contributed by atoms with Gasteiger partial charge in [0.05, 0.1) is 21.7 Å². The van der Waals surface area contributed by atoms with Gasteiger partial charge in [-0.15, -0.1) is 0 Å². The van der Waals surface area contributed by atoms with Crippen LogP contribution >= 0.6 is 0 Å². The molecule has 2 N–H and O–H groups in total. The molecule has 9 heteroatoms. The average molecular weight is 373 g/mol. The molecule has 0 unspecified atom stereocenters. The number of aromatic carboxylic acids is 1. The van der Waals surface area contributed by atoms with Crippen LogP contribution in [0.2, 0.25) is 0 Å². The summed E-state index contributed by atoms with van der Waals surface area (Å²) in [4.78, 5) is 10.7. The summed E-state index contributed by atoms with van der Waals surface area (Å²) in [7, 11) is -4.39. The number of halogens is 3. The molecule has 0 spiro atoms. The van der Waals surface area contributed by atoms with Gasteiger partial charge in [-0.05, 0) is 42.3 Å². The smallest absolute Gasteiger partial charge is 0.416 e. The van der Waals surface area contributed by atoms with Crippen molar-refractivity contribution in [1.29, 1.82) is 0 Å². The van der Waals surface area contributed by atoms with Crippen LogP contribution in [0, 0.1) is 0 Å². The number of hydrogen-bond acceptors (Lipinski definition) is 3. The fraction of sp³-hybridized carbons (Fsp3) is 0.188. The minimum Gasteiger partial charge on any atom is -0.478 e. The highest BCUT2D eigenvalue weighted by Crippen LogP contribution is 2.31. The van der Waals surface area contributed by atoms with E-state index in [1.165, 1.54) is 18.2 Å². The van der Waals surface area contributed by atoms with Crippen LogP contribution in [0.15, 0.2) is 47.4 Å². The number of carbonyl (C=O) groups is 1. The summed E-state index contributed by atoms with van der Waals surface area (Å²) >= 11 is 0. The highest BCUT2D eigenvalue weighted by molar-refractivity contribution is 7.92. The quantitative estimate of drug-likeness (QED) is 0.836. The van der Waals surface area contributed by atoms with E-state index in [9.17, 15) is 31.5 Å². The molecule has 2 aromatic rings. The number of aryl methyl sites for hydroxylation is 1. The van der Waals surface area contributed by atoms with E-state index in [1.54, 1.807) is 6.92 Å². The van der Waals surface area contributed by atoms with E-state index in [-0.39, 0.29) is 11.3 Å². The van der Waals surface area contributed by atoms with Crippen LogP contribution in [0.5, 0.6) is 0 Å². The molecule has 0 aliphatic carbocycles. The first-order chi connectivity index (χ1) is 11.5. The summed E-state index contributed by atoms with van der Waals surface area (Å²) in [5, 5.41) is 9.22. The Bertz CT molecular complexity index is 908. The number of hydrogen-bond donors (Lipinski definition) is 2. The van der Waals surface area contributed by atoms with E-state index < -0.39 is 32.6 Å². The Morgan fingerprint density at radius 1 is 1.16 bits per heavy atom. The molecule has 0 saturated heterocycles. The number of anilines is 1. The van der Waals surface area contributed by atoms with E-state index in [2.05, 4.69) is 0 Å². The largest absolute Gasteiger partial charge is 0.478 e. The van der Waals surface area contributed by atoms with Crippen molar-refractivity contribution >= 4 is 21.7 Å². The Balaban J connectivity index is 2.45. The van der Waals surface area contributed by atoms with Crippen molar-refractivity contribution in [2.24, 2.45) is 0 Å². The topological polar surface area (TPSA) is 83.5 Å². The molecule has 25 heavy (non-hydrogen) atoms. The molecule has 0 saturated carbocycles. The van der Waals surface area contributed by atoms with Gasteiger partial charge in [-0.3, -0.25) is 4.72 Å². The molecular formula is C16H14F3NO4S. The normalized spacial score (nSPS) is 12.0. The monoisotopic (exact) mass is 373 g/mol. The van der Waals surface area contributed by atoms with Gasteiger partial charge in [0, 0.05) is 0 Å². The molecule has 2 rings (SSSR count). The third kappa shape index (κ3) is 4.30. The molecular weight excluding hydrogens is 359 g/mol. The zero-order valence-corrected chi connectivity index (χ0v) is 13.8. The molecule has 0 aliphatic heterocycles. The molecule has 134 valence electrons. The van der Waals surface area contributed by atoms with Crippen molar-refractivity contribution in [3.05, 3.63) is 59.2 Å². The van der Waals surface area contributed by atoms with E-state index >= 15 is 0 Å². The molecule has 0 radical (unpaired) electrons. The second kappa shape index (κ2) is 6.75. The molecule has 2 aromatic carbocycles. The van der Waals surface area contributed by atoms with Crippen LogP contribution in [0.1, 0.15) is 28.4 Å². The first-order valence-electron chi connectivity index (χ1n) is 7.11. The van der Waals surface area contributed by atoms with E-state index in [1.807, 2.05) is 4.72 Å². The number of carboxylic acids is 1. The number of rotatable bonds is 5. The van der Waals surface area contributed by atoms with Gasteiger partial charge in [0.25, 0.3) is 10.0 Å².